The average Bonchev–Trinajstić information content (AvgIpc) is 3.36. The van der Waals surface area contributed by atoms with Gasteiger partial charge in [0.15, 0.2) is 12.2 Å². The van der Waals surface area contributed by atoms with Crippen molar-refractivity contribution in [3.05, 3.63) is 28.4 Å². The van der Waals surface area contributed by atoms with E-state index in [0.717, 1.165) is 11.8 Å². The summed E-state index contributed by atoms with van der Waals surface area (Å²) in [5.74, 6) is -11.1. The number of esters is 3. The van der Waals surface area contributed by atoms with Gasteiger partial charge in [-0.1, -0.05) is 0 Å². The van der Waals surface area contributed by atoms with Gasteiger partial charge in [-0.2, -0.15) is 26.3 Å². The monoisotopic (exact) mass is 941 g/mol. The number of thioether (sulfide) groups is 1. The Balaban J connectivity index is 1.68. The summed E-state index contributed by atoms with van der Waals surface area (Å²) in [6.45, 7) is 0. The fourth-order valence-electron chi connectivity index (χ4n) is 4.59. The van der Waals surface area contributed by atoms with E-state index in [9.17, 15) is 53.7 Å². The van der Waals surface area contributed by atoms with E-state index >= 15 is 0 Å². The van der Waals surface area contributed by atoms with Gasteiger partial charge in [0, 0.05) is 10.7 Å². The number of fused-ring (bicyclic) bond motifs is 1. The molecule has 20 heteroatoms. The van der Waals surface area contributed by atoms with Crippen molar-refractivity contribution in [1.82, 2.24) is 0 Å². The van der Waals surface area contributed by atoms with Crippen LogP contribution < -0.4 is 0 Å². The van der Waals surface area contributed by atoms with Crippen molar-refractivity contribution in [3.8, 4) is 0 Å². The highest BCUT2D eigenvalue weighted by Crippen LogP contribution is 2.60. The molecule has 9 nitrogen and oxygen atoms in total. The molecule has 0 aliphatic carbocycles. The molecule has 0 N–H and O–H groups in total. The van der Waals surface area contributed by atoms with E-state index in [1.165, 1.54) is 6.07 Å². The van der Waals surface area contributed by atoms with Crippen molar-refractivity contribution in [3.63, 3.8) is 0 Å². The van der Waals surface area contributed by atoms with E-state index < -0.39 is 86.3 Å². The van der Waals surface area contributed by atoms with Crippen LogP contribution in [0.4, 0.5) is 26.3 Å². The van der Waals surface area contributed by atoms with Crippen molar-refractivity contribution in [2.75, 3.05) is 5.75 Å². The van der Waals surface area contributed by atoms with Gasteiger partial charge in [-0.25, -0.2) is 13.2 Å². The molecule has 0 saturated carbocycles. The topological polar surface area (TPSA) is 136 Å². The van der Waals surface area contributed by atoms with Crippen molar-refractivity contribution < 1.29 is 67.9 Å². The highest BCUT2D eigenvalue weighted by Gasteiger charge is 2.77. The van der Waals surface area contributed by atoms with E-state index in [4.69, 9.17) is 9.47 Å². The lowest BCUT2D eigenvalue weighted by Gasteiger charge is -2.38. The molecule has 0 aromatic heterocycles. The van der Waals surface area contributed by atoms with E-state index in [0.29, 0.717) is 10.7 Å². The van der Waals surface area contributed by atoms with Gasteiger partial charge in [-0.15, -0.1) is 11.8 Å². The second-order valence-corrected chi connectivity index (χ2v) is 14.8. The quantitative estimate of drug-likeness (QED) is 0.104. The summed E-state index contributed by atoms with van der Waals surface area (Å²) in [4.78, 5) is 38.4. The number of carbonyl (C=O) groups is 3. The molecule has 4 rings (SSSR count). The Morgan fingerprint density at radius 1 is 1.05 bits per heavy atom. The molecule has 6 unspecified atom stereocenters. The Bertz CT molecular complexity index is 1340. The summed E-state index contributed by atoms with van der Waals surface area (Å²) in [5, 5.41) is -2.34. The summed E-state index contributed by atoms with van der Waals surface area (Å²) in [6, 6.07) is 3.21. The van der Waals surface area contributed by atoms with Crippen LogP contribution in [0.5, 0.6) is 0 Å². The molecule has 2 bridgehead atoms. The minimum atomic E-state index is -6.58. The zero-order valence-corrected chi connectivity index (χ0v) is 26.3. The minimum Gasteiger partial charge on any atom is -0.748 e. The molecule has 6 atom stereocenters. The number of benzene rings is 1. The number of alkyl halides is 6. The number of hydrogen-bond donors (Lipinski definition) is 0. The van der Waals surface area contributed by atoms with Gasteiger partial charge in [-0.05, 0) is 79.9 Å². The lowest BCUT2D eigenvalue weighted by atomic mass is 9.78. The van der Waals surface area contributed by atoms with Gasteiger partial charge in [0.2, 0.25) is 0 Å². The van der Waals surface area contributed by atoms with Crippen LogP contribution in [0.3, 0.4) is 0 Å². The van der Waals surface area contributed by atoms with Gasteiger partial charge < -0.3 is 18.8 Å². The molecule has 0 amide bonds. The van der Waals surface area contributed by atoms with E-state index in [1.807, 2.05) is 67.8 Å². The third-order valence-electron chi connectivity index (χ3n) is 6.20. The fourth-order valence-corrected chi connectivity index (χ4v) is 9.84. The van der Waals surface area contributed by atoms with Crippen LogP contribution >= 0.6 is 79.5 Å². The van der Waals surface area contributed by atoms with Crippen LogP contribution in [0.1, 0.15) is 10.4 Å². The van der Waals surface area contributed by atoms with E-state index in [-0.39, 0.29) is 5.56 Å². The number of ether oxygens (including phenoxy) is 3. The predicted molar refractivity (Wildman–Crippen MR) is 141 cm³/mol. The van der Waals surface area contributed by atoms with Crippen LogP contribution in [0.15, 0.2) is 12.1 Å². The minimum absolute atomic E-state index is 0.0773. The van der Waals surface area contributed by atoms with E-state index in [2.05, 4.69) is 4.74 Å². The maximum absolute atomic E-state index is 13.7. The zero-order chi connectivity index (χ0) is 29.5. The normalized spacial score (nSPS) is 28.4. The van der Waals surface area contributed by atoms with Crippen molar-refractivity contribution in [1.29, 1.82) is 0 Å². The van der Waals surface area contributed by atoms with Gasteiger partial charge in [-0.3, -0.25) is 9.59 Å². The molecular weight excluding hydrogens is 931 g/mol. The second-order valence-electron chi connectivity index (χ2n) is 8.58. The molecule has 3 saturated heterocycles. The summed E-state index contributed by atoms with van der Waals surface area (Å²) in [7, 11) is -6.25. The van der Waals surface area contributed by atoms with Crippen LogP contribution in [0.25, 0.3) is 0 Å². The number of carbonyl (C=O) groups excluding carboxylic acids is 3. The predicted octanol–water partition coefficient (Wildman–Crippen LogP) is 3.63. The molecule has 3 aliphatic rings. The molecule has 0 radical (unpaired) electrons. The van der Waals surface area contributed by atoms with Gasteiger partial charge in [0.1, 0.15) is 0 Å². The first-order chi connectivity index (χ1) is 17.7. The van der Waals surface area contributed by atoms with Gasteiger partial charge in [0.05, 0.1) is 43.8 Å². The maximum atomic E-state index is 13.7. The number of halogens is 9. The highest BCUT2D eigenvalue weighted by atomic mass is 127. The highest BCUT2D eigenvalue weighted by molar-refractivity contribution is 14.1. The second kappa shape index (κ2) is 10.4. The Hall–Kier alpha value is -0.340. The summed E-state index contributed by atoms with van der Waals surface area (Å²) in [5.41, 5.74) is -5.63. The van der Waals surface area contributed by atoms with Crippen molar-refractivity contribution >= 4 is 108 Å². The molecule has 216 valence electrons. The Labute approximate surface area is 260 Å². The number of rotatable bonds is 6. The maximum Gasteiger partial charge on any atom is 0.438 e. The van der Waals surface area contributed by atoms with Gasteiger partial charge >= 0.3 is 35.9 Å². The summed E-state index contributed by atoms with van der Waals surface area (Å²) < 4.78 is 131. The summed E-state index contributed by atoms with van der Waals surface area (Å²) in [6.07, 6.45) is -15.7. The fraction of sp³-hybridized carbons (Fsp3) is 0.526. The van der Waals surface area contributed by atoms with Crippen LogP contribution in [-0.2, 0) is 33.9 Å². The SMILES string of the molecule is O=C(OC1C2OC(=O)C3C2SC1C3C(=O)OC(CS(=O)(=O)[O-])(C(F)(F)F)C(F)(F)F)c1cc(I)cc(I)c1I. The molecule has 39 heavy (non-hydrogen) atoms. The molecule has 1 aromatic carbocycles. The van der Waals surface area contributed by atoms with Crippen LogP contribution in [0.2, 0.25) is 0 Å². The largest absolute Gasteiger partial charge is 0.748 e. The molecule has 1 aromatic rings. The lowest BCUT2D eigenvalue weighted by molar-refractivity contribution is -0.362. The third-order valence-corrected chi connectivity index (χ3v) is 12.4. The average molecular weight is 941 g/mol. The third kappa shape index (κ3) is 5.58. The van der Waals surface area contributed by atoms with Gasteiger partial charge in [0.25, 0.3) is 0 Å². The first-order valence-corrected chi connectivity index (χ1v) is 16.0. The Morgan fingerprint density at radius 2 is 1.64 bits per heavy atom. The Kier molecular flexibility index (Phi) is 8.45. The van der Waals surface area contributed by atoms with Crippen molar-refractivity contribution in [2.24, 2.45) is 11.8 Å². The molecule has 3 heterocycles. The standard InChI is InChI=1S/C19H11F6I3O9S2/c20-18(21,22)17(19(23,24)25,3-39(32,33)34)37-16(31)8-7-12-11(36-15(7)30)10(13(8)38-12)35-14(29)5-1-4(26)2-6(27)9(5)28/h1-2,7-8,10-13H,3H2,(H,32,33,34)/p-1. The number of hydrogen-bond acceptors (Lipinski definition) is 10. The van der Waals surface area contributed by atoms with Crippen LogP contribution in [0, 0.1) is 22.5 Å². The molecule has 3 aliphatic heterocycles. The first-order valence-electron chi connectivity index (χ1n) is 10.2. The van der Waals surface area contributed by atoms with E-state index in [1.54, 1.807) is 6.07 Å². The zero-order valence-electron chi connectivity index (χ0n) is 18.2. The molecular formula is C19H10F6I3O9S2-. The molecule has 0 spiro atoms. The summed E-state index contributed by atoms with van der Waals surface area (Å²) >= 11 is 6.54. The molecule has 3 fully saturated rings. The van der Waals surface area contributed by atoms with Crippen molar-refractivity contribution in [2.45, 2.75) is 40.7 Å². The lowest BCUT2D eigenvalue weighted by Crippen LogP contribution is -2.64. The first kappa shape index (κ1) is 31.6. The smallest absolute Gasteiger partial charge is 0.438 e. The van der Waals surface area contributed by atoms with Crippen LogP contribution in [-0.4, -0.2) is 77.3 Å². The Morgan fingerprint density at radius 3 is 2.18 bits per heavy atom.